The van der Waals surface area contributed by atoms with E-state index in [4.69, 9.17) is 0 Å². The molecule has 1 aliphatic carbocycles. The van der Waals surface area contributed by atoms with Gasteiger partial charge in [0.1, 0.15) is 6.61 Å². The molecule has 0 heterocycles. The highest BCUT2D eigenvalue weighted by molar-refractivity contribution is 5.12. The van der Waals surface area contributed by atoms with Gasteiger partial charge in [-0.25, -0.2) is 0 Å². The van der Waals surface area contributed by atoms with Crippen LogP contribution in [0.1, 0.15) is 19.3 Å². The molecule has 0 amide bonds. The molecule has 5 heteroatoms. The summed E-state index contributed by atoms with van der Waals surface area (Å²) in [7, 11) is 0. The molecule has 0 saturated heterocycles. The number of aliphatic hydroxyl groups is 1. The Morgan fingerprint density at radius 2 is 2.21 bits per heavy atom. The van der Waals surface area contributed by atoms with Gasteiger partial charge in [-0.05, 0) is 24.8 Å². The summed E-state index contributed by atoms with van der Waals surface area (Å²) in [5, 5.41) is 9.39. The second-order valence-electron chi connectivity index (χ2n) is 3.32. The van der Waals surface area contributed by atoms with Gasteiger partial charge >= 0.3 is 6.18 Å². The van der Waals surface area contributed by atoms with Gasteiger partial charge in [0.25, 0.3) is 0 Å². The molecule has 0 aliphatic heterocycles. The zero-order chi connectivity index (χ0) is 10.6. The Hall–Kier alpha value is -0.550. The fourth-order valence-corrected chi connectivity index (χ4v) is 1.39. The number of allylic oxidation sites excluding steroid dienone is 1. The number of ether oxygens (including phenoxy) is 1. The van der Waals surface area contributed by atoms with Crippen LogP contribution in [0, 0.1) is 0 Å². The predicted octanol–water partition coefficient (Wildman–Crippen LogP) is 2.04. The summed E-state index contributed by atoms with van der Waals surface area (Å²) in [4.78, 5) is 0. The molecule has 0 aromatic rings. The Bertz CT molecular complexity index is 211. The van der Waals surface area contributed by atoms with E-state index in [1.165, 1.54) is 0 Å². The minimum absolute atomic E-state index is 0.272. The zero-order valence-corrected chi connectivity index (χ0v) is 7.68. The summed E-state index contributed by atoms with van der Waals surface area (Å²) in [6.45, 7) is -1.57. The highest BCUT2D eigenvalue weighted by atomic mass is 19.4. The first-order valence-corrected chi connectivity index (χ1v) is 4.50. The van der Waals surface area contributed by atoms with Crippen LogP contribution in [0.3, 0.4) is 0 Å². The van der Waals surface area contributed by atoms with Gasteiger partial charge in [-0.2, -0.15) is 13.2 Å². The van der Waals surface area contributed by atoms with Crippen molar-refractivity contribution in [3.8, 4) is 0 Å². The maximum atomic E-state index is 11.7. The topological polar surface area (TPSA) is 29.5 Å². The van der Waals surface area contributed by atoms with Crippen molar-refractivity contribution in [1.82, 2.24) is 0 Å². The Morgan fingerprint density at radius 1 is 1.50 bits per heavy atom. The van der Waals surface area contributed by atoms with Gasteiger partial charge in [0, 0.05) is 0 Å². The van der Waals surface area contributed by atoms with Gasteiger partial charge < -0.3 is 9.84 Å². The molecule has 2 nitrogen and oxygen atoms in total. The first-order chi connectivity index (χ1) is 6.49. The first kappa shape index (κ1) is 11.5. The van der Waals surface area contributed by atoms with Crippen LogP contribution in [0.25, 0.3) is 0 Å². The van der Waals surface area contributed by atoms with E-state index in [1.807, 2.05) is 6.08 Å². The van der Waals surface area contributed by atoms with Crippen molar-refractivity contribution in [3.05, 3.63) is 11.6 Å². The lowest BCUT2D eigenvalue weighted by Gasteiger charge is -2.13. The van der Waals surface area contributed by atoms with Gasteiger partial charge in [0.2, 0.25) is 0 Å². The summed E-state index contributed by atoms with van der Waals surface area (Å²) in [5.74, 6) is 0. The standard InChI is InChI=1S/C9H13F3O2/c10-9(11,12)6-14-5-8(13)7-3-1-2-4-7/h3,8,13H,1-2,4-6H2. The van der Waals surface area contributed by atoms with Crippen molar-refractivity contribution < 1.29 is 23.0 Å². The molecule has 0 aromatic heterocycles. The molecule has 1 aliphatic rings. The van der Waals surface area contributed by atoms with Crippen molar-refractivity contribution in [3.63, 3.8) is 0 Å². The summed E-state index contributed by atoms with van der Waals surface area (Å²) < 4.78 is 39.3. The number of halogens is 3. The average Bonchev–Trinajstić information content (AvgIpc) is 2.53. The van der Waals surface area contributed by atoms with Gasteiger partial charge in [-0.3, -0.25) is 0 Å². The van der Waals surface area contributed by atoms with E-state index in [2.05, 4.69) is 4.74 Å². The van der Waals surface area contributed by atoms with E-state index in [9.17, 15) is 18.3 Å². The molecule has 0 saturated carbocycles. The number of alkyl halides is 3. The number of hydrogen-bond donors (Lipinski definition) is 1. The number of aliphatic hydroxyl groups excluding tert-OH is 1. The molecule has 0 spiro atoms. The van der Waals surface area contributed by atoms with E-state index in [1.54, 1.807) is 0 Å². The van der Waals surface area contributed by atoms with Crippen molar-refractivity contribution in [2.45, 2.75) is 31.5 Å². The fraction of sp³-hybridized carbons (Fsp3) is 0.778. The highest BCUT2D eigenvalue weighted by Crippen LogP contribution is 2.21. The molecule has 1 atom stereocenters. The summed E-state index contributed by atoms with van der Waals surface area (Å²) in [6, 6.07) is 0. The molecule has 1 rings (SSSR count). The van der Waals surface area contributed by atoms with Crippen LogP contribution in [0.5, 0.6) is 0 Å². The van der Waals surface area contributed by atoms with E-state index >= 15 is 0 Å². The molecular formula is C9H13F3O2. The quantitative estimate of drug-likeness (QED) is 0.719. The normalized spacial score (nSPS) is 19.6. The largest absolute Gasteiger partial charge is 0.411 e. The molecule has 1 N–H and O–H groups in total. The van der Waals surface area contributed by atoms with Crippen LogP contribution in [0.2, 0.25) is 0 Å². The molecule has 82 valence electrons. The fourth-order valence-electron chi connectivity index (χ4n) is 1.39. The lowest BCUT2D eigenvalue weighted by Crippen LogP contribution is -2.23. The molecule has 1 unspecified atom stereocenters. The van der Waals surface area contributed by atoms with E-state index < -0.39 is 18.9 Å². The lowest BCUT2D eigenvalue weighted by molar-refractivity contribution is -0.177. The third-order valence-electron chi connectivity index (χ3n) is 2.05. The van der Waals surface area contributed by atoms with Crippen LogP contribution in [-0.4, -0.2) is 30.6 Å². The maximum absolute atomic E-state index is 11.7. The van der Waals surface area contributed by atoms with Crippen LogP contribution < -0.4 is 0 Å². The van der Waals surface area contributed by atoms with Crippen molar-refractivity contribution in [2.24, 2.45) is 0 Å². The Kier molecular flexibility index (Phi) is 3.95. The van der Waals surface area contributed by atoms with Crippen molar-refractivity contribution in [1.29, 1.82) is 0 Å². The van der Waals surface area contributed by atoms with Crippen LogP contribution >= 0.6 is 0 Å². The monoisotopic (exact) mass is 210 g/mol. The Morgan fingerprint density at radius 3 is 2.71 bits per heavy atom. The van der Waals surface area contributed by atoms with E-state index in [-0.39, 0.29) is 6.61 Å². The van der Waals surface area contributed by atoms with Crippen LogP contribution in [0.15, 0.2) is 11.6 Å². The predicted molar refractivity (Wildman–Crippen MR) is 44.8 cm³/mol. The first-order valence-electron chi connectivity index (χ1n) is 4.50. The maximum Gasteiger partial charge on any atom is 0.411 e. The molecule has 0 radical (unpaired) electrons. The summed E-state index contributed by atoms with van der Waals surface area (Å²) >= 11 is 0. The zero-order valence-electron chi connectivity index (χ0n) is 7.68. The van der Waals surface area contributed by atoms with Gasteiger partial charge in [0.05, 0.1) is 12.7 Å². The molecular weight excluding hydrogens is 197 g/mol. The van der Waals surface area contributed by atoms with Crippen LogP contribution in [0.4, 0.5) is 13.2 Å². The SMILES string of the molecule is OC(COCC(F)(F)F)C1=CCCC1. The highest BCUT2D eigenvalue weighted by Gasteiger charge is 2.28. The van der Waals surface area contributed by atoms with E-state index in [0.717, 1.165) is 24.8 Å². The second kappa shape index (κ2) is 4.79. The van der Waals surface area contributed by atoms with Gasteiger partial charge in [-0.1, -0.05) is 6.08 Å². The smallest absolute Gasteiger partial charge is 0.386 e. The minimum Gasteiger partial charge on any atom is -0.386 e. The number of hydrogen-bond acceptors (Lipinski definition) is 2. The van der Waals surface area contributed by atoms with Crippen LogP contribution in [-0.2, 0) is 4.74 Å². The number of rotatable bonds is 4. The summed E-state index contributed by atoms with van der Waals surface area (Å²) in [6.07, 6.45) is -0.709. The molecule has 0 fully saturated rings. The third kappa shape index (κ3) is 4.11. The second-order valence-corrected chi connectivity index (χ2v) is 3.32. The molecule has 0 aromatic carbocycles. The third-order valence-corrected chi connectivity index (χ3v) is 2.05. The molecule has 14 heavy (non-hydrogen) atoms. The average molecular weight is 210 g/mol. The lowest BCUT2D eigenvalue weighted by atomic mass is 10.1. The Balaban J connectivity index is 2.18. The van der Waals surface area contributed by atoms with Gasteiger partial charge in [0.15, 0.2) is 0 Å². The van der Waals surface area contributed by atoms with E-state index in [0.29, 0.717) is 0 Å². The molecule has 0 bridgehead atoms. The van der Waals surface area contributed by atoms with Crippen molar-refractivity contribution >= 4 is 0 Å². The minimum atomic E-state index is -4.32. The Labute approximate surface area is 80.4 Å². The van der Waals surface area contributed by atoms with Gasteiger partial charge in [-0.15, -0.1) is 0 Å². The van der Waals surface area contributed by atoms with Crippen molar-refractivity contribution in [2.75, 3.05) is 13.2 Å². The summed E-state index contributed by atoms with van der Waals surface area (Å²) in [5.41, 5.74) is 0.798.